The van der Waals surface area contributed by atoms with Crippen LogP contribution in [0.2, 0.25) is 0 Å². The number of aryl methyl sites for hydroxylation is 1. The van der Waals surface area contributed by atoms with Crippen LogP contribution >= 0.6 is 0 Å². The zero-order valence-corrected chi connectivity index (χ0v) is 20.1. The third kappa shape index (κ3) is 6.25. The molecule has 0 amide bonds. The second-order valence-corrected chi connectivity index (χ2v) is 8.57. The lowest BCUT2D eigenvalue weighted by Crippen LogP contribution is -2.21. The van der Waals surface area contributed by atoms with E-state index in [2.05, 4.69) is 4.74 Å². The second-order valence-electron chi connectivity index (χ2n) is 8.57. The summed E-state index contributed by atoms with van der Waals surface area (Å²) in [6, 6.07) is 14.7. The maximum atomic E-state index is 14.6. The molecule has 0 aliphatic rings. The summed E-state index contributed by atoms with van der Waals surface area (Å²) < 4.78 is 104. The Morgan fingerprint density at radius 2 is 1.29 bits per heavy atom. The van der Waals surface area contributed by atoms with Crippen LogP contribution in [0.1, 0.15) is 24.5 Å². The first-order valence-corrected chi connectivity index (χ1v) is 11.7. The number of alkyl halides is 2. The fourth-order valence-corrected chi connectivity index (χ4v) is 3.89. The number of halogens is 7. The SMILES string of the molecule is CCCc1ccc(-c2cc(F)c(/C=C/C(F)(F)Oc3ccc(-c4ccc(F)c(F)c4)c(F)c3)c(F)c2)cc1. The Kier molecular flexibility index (Phi) is 7.90. The molecule has 4 aromatic carbocycles. The molecule has 0 heterocycles. The summed E-state index contributed by atoms with van der Waals surface area (Å²) in [7, 11) is 0. The van der Waals surface area contributed by atoms with Crippen molar-refractivity contribution in [1.82, 2.24) is 0 Å². The highest BCUT2D eigenvalue weighted by Crippen LogP contribution is 2.31. The molecule has 4 aromatic rings. The van der Waals surface area contributed by atoms with Gasteiger partial charge in [0.25, 0.3) is 0 Å². The number of rotatable bonds is 8. The summed E-state index contributed by atoms with van der Waals surface area (Å²) in [6.07, 6.45) is -1.54. The van der Waals surface area contributed by atoms with Crippen LogP contribution in [0.4, 0.5) is 30.7 Å². The summed E-state index contributed by atoms with van der Waals surface area (Å²) in [5, 5.41) is 0. The third-order valence-corrected chi connectivity index (χ3v) is 5.77. The lowest BCUT2D eigenvalue weighted by atomic mass is 10.0. The number of benzene rings is 4. The molecule has 4 rings (SSSR count). The molecule has 0 aliphatic carbocycles. The molecule has 0 radical (unpaired) electrons. The van der Waals surface area contributed by atoms with Crippen LogP contribution in [-0.4, -0.2) is 6.11 Å². The van der Waals surface area contributed by atoms with Gasteiger partial charge in [0.05, 0.1) is 0 Å². The number of hydrogen-bond acceptors (Lipinski definition) is 1. The molecule has 0 bridgehead atoms. The van der Waals surface area contributed by atoms with Crippen LogP contribution in [0.3, 0.4) is 0 Å². The van der Waals surface area contributed by atoms with Gasteiger partial charge in [-0.05, 0) is 71.1 Å². The van der Waals surface area contributed by atoms with Gasteiger partial charge in [-0.3, -0.25) is 0 Å². The van der Waals surface area contributed by atoms with E-state index in [9.17, 15) is 30.7 Å². The maximum Gasteiger partial charge on any atom is 0.419 e. The average molecular weight is 530 g/mol. The van der Waals surface area contributed by atoms with Gasteiger partial charge in [0, 0.05) is 23.3 Å². The van der Waals surface area contributed by atoms with Gasteiger partial charge in [0.1, 0.15) is 23.2 Å². The Labute approximate surface area is 214 Å². The van der Waals surface area contributed by atoms with E-state index in [1.165, 1.54) is 0 Å². The van der Waals surface area contributed by atoms with E-state index < -0.39 is 46.5 Å². The molecule has 0 fully saturated rings. The van der Waals surface area contributed by atoms with Crippen molar-refractivity contribution in [3.8, 4) is 28.0 Å². The Morgan fingerprint density at radius 1 is 0.658 bits per heavy atom. The van der Waals surface area contributed by atoms with Gasteiger partial charge in [0.2, 0.25) is 0 Å². The van der Waals surface area contributed by atoms with E-state index in [0.717, 1.165) is 60.9 Å². The van der Waals surface area contributed by atoms with E-state index in [1.54, 1.807) is 12.1 Å². The van der Waals surface area contributed by atoms with Crippen molar-refractivity contribution in [2.75, 3.05) is 0 Å². The summed E-state index contributed by atoms with van der Waals surface area (Å²) in [6.45, 7) is 2.03. The van der Waals surface area contributed by atoms with Gasteiger partial charge in [-0.1, -0.05) is 43.7 Å². The van der Waals surface area contributed by atoms with Gasteiger partial charge in [-0.25, -0.2) is 22.0 Å². The average Bonchev–Trinajstić information content (AvgIpc) is 2.86. The Balaban J connectivity index is 1.51. The van der Waals surface area contributed by atoms with Crippen molar-refractivity contribution in [3.63, 3.8) is 0 Å². The first-order valence-electron chi connectivity index (χ1n) is 11.7. The van der Waals surface area contributed by atoms with Gasteiger partial charge in [-0.2, -0.15) is 8.78 Å². The highest BCUT2D eigenvalue weighted by molar-refractivity contribution is 5.67. The van der Waals surface area contributed by atoms with Crippen molar-refractivity contribution in [3.05, 3.63) is 119 Å². The molecule has 0 aromatic heterocycles. The molecule has 0 atom stereocenters. The lowest BCUT2D eigenvalue weighted by molar-refractivity contribution is -0.131. The molecule has 0 saturated heterocycles. The van der Waals surface area contributed by atoms with E-state index in [1.807, 2.05) is 19.1 Å². The van der Waals surface area contributed by atoms with Crippen LogP contribution in [0.25, 0.3) is 28.3 Å². The van der Waals surface area contributed by atoms with Gasteiger partial charge in [0.15, 0.2) is 11.6 Å². The van der Waals surface area contributed by atoms with Crippen LogP contribution in [0, 0.1) is 29.1 Å². The van der Waals surface area contributed by atoms with E-state index in [4.69, 9.17) is 0 Å². The zero-order valence-electron chi connectivity index (χ0n) is 20.1. The topological polar surface area (TPSA) is 9.23 Å². The fourth-order valence-electron chi connectivity index (χ4n) is 3.89. The molecule has 0 unspecified atom stereocenters. The fraction of sp³-hybridized carbons (Fsp3) is 0.133. The zero-order chi connectivity index (χ0) is 27.4. The molecule has 0 saturated carbocycles. The summed E-state index contributed by atoms with van der Waals surface area (Å²) in [5.74, 6) is -6.03. The first-order chi connectivity index (χ1) is 18.1. The van der Waals surface area contributed by atoms with Crippen LogP contribution < -0.4 is 4.74 Å². The number of ether oxygens (including phenoxy) is 1. The van der Waals surface area contributed by atoms with Gasteiger partial charge in [-0.15, -0.1) is 0 Å². The molecular weight excluding hydrogens is 509 g/mol. The second kappa shape index (κ2) is 11.1. The van der Waals surface area contributed by atoms with Gasteiger partial charge >= 0.3 is 6.11 Å². The van der Waals surface area contributed by atoms with E-state index in [0.29, 0.717) is 17.7 Å². The highest BCUT2D eigenvalue weighted by atomic mass is 19.3. The summed E-state index contributed by atoms with van der Waals surface area (Å²) in [4.78, 5) is 0. The Bertz CT molecular complexity index is 1450. The van der Waals surface area contributed by atoms with Crippen LogP contribution in [0.15, 0.2) is 78.9 Å². The highest BCUT2D eigenvalue weighted by Gasteiger charge is 2.29. The van der Waals surface area contributed by atoms with Crippen molar-refractivity contribution in [1.29, 1.82) is 0 Å². The summed E-state index contributed by atoms with van der Waals surface area (Å²) >= 11 is 0. The lowest BCUT2D eigenvalue weighted by Gasteiger charge is -2.15. The van der Waals surface area contributed by atoms with Crippen LogP contribution in [-0.2, 0) is 6.42 Å². The Morgan fingerprint density at radius 3 is 1.89 bits per heavy atom. The normalized spacial score (nSPS) is 11.8. The van der Waals surface area contributed by atoms with E-state index in [-0.39, 0.29) is 22.8 Å². The van der Waals surface area contributed by atoms with E-state index >= 15 is 0 Å². The molecule has 0 aliphatic heterocycles. The monoisotopic (exact) mass is 530 g/mol. The predicted octanol–water partition coefficient (Wildman–Crippen LogP) is 9.35. The van der Waals surface area contributed by atoms with Crippen molar-refractivity contribution < 1.29 is 35.5 Å². The maximum absolute atomic E-state index is 14.6. The largest absolute Gasteiger partial charge is 0.429 e. The molecule has 8 heteroatoms. The van der Waals surface area contributed by atoms with Crippen LogP contribution in [0.5, 0.6) is 5.75 Å². The minimum Gasteiger partial charge on any atom is -0.429 e. The first kappa shape index (κ1) is 27.0. The minimum absolute atomic E-state index is 0.00842. The quantitative estimate of drug-likeness (QED) is 0.206. The molecule has 0 N–H and O–H groups in total. The van der Waals surface area contributed by atoms with Gasteiger partial charge < -0.3 is 4.74 Å². The predicted molar refractivity (Wildman–Crippen MR) is 132 cm³/mol. The third-order valence-electron chi connectivity index (χ3n) is 5.77. The summed E-state index contributed by atoms with van der Waals surface area (Å²) in [5.41, 5.74) is 1.03. The van der Waals surface area contributed by atoms with Crippen molar-refractivity contribution >= 4 is 6.08 Å². The smallest absolute Gasteiger partial charge is 0.419 e. The Hall–Kier alpha value is -4.07. The molecule has 1 nitrogen and oxygen atoms in total. The molecular formula is C30H21F7O. The number of hydrogen-bond donors (Lipinski definition) is 0. The molecule has 38 heavy (non-hydrogen) atoms. The minimum atomic E-state index is -4.05. The molecule has 0 spiro atoms. The standard InChI is InChI=1S/C30H21F7O/c1-2-3-18-4-6-19(7-5-18)21-15-26(32)24(27(33)16-21)12-13-30(36,37)38-22-9-10-23(28(34)17-22)20-8-11-25(31)29(35)14-20/h4-17H,2-3H2,1H3/b13-12+. The van der Waals surface area contributed by atoms with Crippen molar-refractivity contribution in [2.24, 2.45) is 0 Å². The van der Waals surface area contributed by atoms with Crippen molar-refractivity contribution in [2.45, 2.75) is 25.9 Å². The molecule has 196 valence electrons.